The molecule has 1 amide bonds. The number of amides is 1. The van der Waals surface area contributed by atoms with E-state index in [1.54, 1.807) is 6.07 Å². The summed E-state index contributed by atoms with van der Waals surface area (Å²) in [4.78, 5) is 16.6. The standard InChI is InChI=1S/C20H25ClN4O3S/c1-23(2)29(27,28)17-7-4-15(5-8-17)20(26)22-18-14-16(21)6-9-19(18)25-12-10-24(3)11-13-25/h4-9,14H,10-13H2,1-3H3,(H,22,26)/p+1. The second kappa shape index (κ2) is 8.71. The van der Waals surface area contributed by atoms with Crippen molar-refractivity contribution in [1.82, 2.24) is 4.31 Å². The smallest absolute Gasteiger partial charge is 0.255 e. The van der Waals surface area contributed by atoms with E-state index in [0.717, 1.165) is 36.2 Å². The van der Waals surface area contributed by atoms with Gasteiger partial charge in [-0.05, 0) is 42.5 Å². The minimum atomic E-state index is -3.53. The molecule has 0 aromatic heterocycles. The van der Waals surface area contributed by atoms with E-state index < -0.39 is 10.0 Å². The first-order valence-corrected chi connectivity index (χ1v) is 11.2. The van der Waals surface area contributed by atoms with Gasteiger partial charge >= 0.3 is 0 Å². The first-order valence-electron chi connectivity index (χ1n) is 9.38. The van der Waals surface area contributed by atoms with Crippen LogP contribution in [0.1, 0.15) is 10.4 Å². The summed E-state index contributed by atoms with van der Waals surface area (Å²) in [5, 5.41) is 3.46. The van der Waals surface area contributed by atoms with Gasteiger partial charge in [0.2, 0.25) is 10.0 Å². The summed E-state index contributed by atoms with van der Waals surface area (Å²) in [5.74, 6) is -0.318. The third-order valence-electron chi connectivity index (χ3n) is 5.06. The normalized spacial score (nSPS) is 15.6. The van der Waals surface area contributed by atoms with Gasteiger partial charge in [-0.1, -0.05) is 11.6 Å². The van der Waals surface area contributed by atoms with Crippen LogP contribution < -0.4 is 15.1 Å². The van der Waals surface area contributed by atoms with Crippen LogP contribution in [0.4, 0.5) is 11.4 Å². The number of halogens is 1. The lowest BCUT2D eigenvalue weighted by molar-refractivity contribution is -0.880. The number of piperazine rings is 1. The number of carbonyl (C=O) groups is 1. The van der Waals surface area contributed by atoms with Gasteiger partial charge in [0.05, 0.1) is 49.5 Å². The van der Waals surface area contributed by atoms with Crippen molar-refractivity contribution in [3.8, 4) is 0 Å². The minimum Gasteiger partial charge on any atom is -0.359 e. The van der Waals surface area contributed by atoms with Gasteiger partial charge in [0, 0.05) is 24.7 Å². The van der Waals surface area contributed by atoms with Gasteiger partial charge in [-0.25, -0.2) is 12.7 Å². The van der Waals surface area contributed by atoms with Crippen LogP contribution in [0.3, 0.4) is 0 Å². The molecule has 7 nitrogen and oxygen atoms in total. The molecule has 3 rings (SSSR count). The quantitative estimate of drug-likeness (QED) is 0.736. The molecule has 9 heteroatoms. The van der Waals surface area contributed by atoms with Crippen molar-refractivity contribution in [1.29, 1.82) is 0 Å². The molecule has 0 bridgehead atoms. The largest absolute Gasteiger partial charge is 0.359 e. The van der Waals surface area contributed by atoms with Gasteiger partial charge in [-0.2, -0.15) is 0 Å². The summed E-state index contributed by atoms with van der Waals surface area (Å²) < 4.78 is 25.5. The van der Waals surface area contributed by atoms with Gasteiger partial charge in [-0.3, -0.25) is 4.79 Å². The Morgan fingerprint density at radius 1 is 1.10 bits per heavy atom. The molecule has 0 atom stereocenters. The zero-order chi connectivity index (χ0) is 21.2. The number of likely N-dealkylation sites (N-methyl/N-ethyl adjacent to an activating group) is 1. The second-order valence-electron chi connectivity index (χ2n) is 7.37. The predicted molar refractivity (Wildman–Crippen MR) is 116 cm³/mol. The van der Waals surface area contributed by atoms with E-state index in [0.29, 0.717) is 16.3 Å². The Balaban J connectivity index is 1.81. The number of nitrogens with zero attached hydrogens (tertiary/aromatic N) is 2. The number of benzene rings is 2. The fraction of sp³-hybridized carbons (Fsp3) is 0.350. The highest BCUT2D eigenvalue weighted by Gasteiger charge is 2.21. The lowest BCUT2D eigenvalue weighted by Crippen LogP contribution is -3.12. The topological polar surface area (TPSA) is 74.2 Å². The maximum atomic E-state index is 12.8. The number of hydrogen-bond acceptors (Lipinski definition) is 4. The molecule has 0 aliphatic carbocycles. The molecule has 0 unspecified atom stereocenters. The van der Waals surface area contributed by atoms with E-state index in [-0.39, 0.29) is 10.8 Å². The molecular weight excluding hydrogens is 412 g/mol. The molecule has 1 saturated heterocycles. The molecule has 1 aliphatic heterocycles. The van der Waals surface area contributed by atoms with Crippen molar-refractivity contribution < 1.29 is 18.1 Å². The van der Waals surface area contributed by atoms with Crippen LogP contribution >= 0.6 is 11.6 Å². The minimum absolute atomic E-state index is 0.141. The Hall–Kier alpha value is -2.13. The van der Waals surface area contributed by atoms with Crippen LogP contribution in [0, 0.1) is 0 Å². The molecule has 1 heterocycles. The van der Waals surface area contributed by atoms with E-state index in [9.17, 15) is 13.2 Å². The number of hydrogen-bond donors (Lipinski definition) is 2. The summed E-state index contributed by atoms with van der Waals surface area (Å²) >= 11 is 6.16. The third kappa shape index (κ3) is 4.90. The lowest BCUT2D eigenvalue weighted by Gasteiger charge is -2.33. The van der Waals surface area contributed by atoms with Gasteiger partial charge in [-0.15, -0.1) is 0 Å². The van der Waals surface area contributed by atoms with E-state index in [1.165, 1.54) is 43.3 Å². The summed E-state index contributed by atoms with van der Waals surface area (Å²) in [6, 6.07) is 11.4. The maximum absolute atomic E-state index is 12.8. The van der Waals surface area contributed by atoms with Crippen LogP contribution in [0.2, 0.25) is 5.02 Å². The summed E-state index contributed by atoms with van der Waals surface area (Å²) in [5.41, 5.74) is 1.95. The molecule has 0 saturated carbocycles. The zero-order valence-electron chi connectivity index (χ0n) is 16.8. The first kappa shape index (κ1) is 21.6. The van der Waals surface area contributed by atoms with Crippen molar-refractivity contribution in [3.05, 3.63) is 53.1 Å². The summed E-state index contributed by atoms with van der Waals surface area (Å²) in [6.45, 7) is 3.84. The SMILES string of the molecule is CN(C)S(=O)(=O)c1ccc(C(=O)Nc2cc(Cl)ccc2N2CC[NH+](C)CC2)cc1. The highest BCUT2D eigenvalue weighted by molar-refractivity contribution is 7.89. The van der Waals surface area contributed by atoms with Crippen molar-refractivity contribution in [3.63, 3.8) is 0 Å². The lowest BCUT2D eigenvalue weighted by atomic mass is 10.1. The highest BCUT2D eigenvalue weighted by Crippen LogP contribution is 2.30. The van der Waals surface area contributed by atoms with Crippen molar-refractivity contribution in [2.75, 3.05) is 57.5 Å². The molecule has 2 aromatic carbocycles. The van der Waals surface area contributed by atoms with Crippen molar-refractivity contribution >= 4 is 38.9 Å². The molecule has 0 radical (unpaired) electrons. The van der Waals surface area contributed by atoms with Crippen molar-refractivity contribution in [2.24, 2.45) is 0 Å². The molecule has 2 aromatic rings. The highest BCUT2D eigenvalue weighted by atomic mass is 35.5. The number of sulfonamides is 1. The summed E-state index contributed by atoms with van der Waals surface area (Å²) in [7, 11) is 1.57. The van der Waals surface area contributed by atoms with Crippen LogP contribution in [0.15, 0.2) is 47.4 Å². The summed E-state index contributed by atoms with van der Waals surface area (Å²) in [6.07, 6.45) is 0. The molecule has 0 spiro atoms. The van der Waals surface area contributed by atoms with Gasteiger partial charge in [0.1, 0.15) is 0 Å². The fourth-order valence-electron chi connectivity index (χ4n) is 3.20. The number of rotatable bonds is 5. The van der Waals surface area contributed by atoms with Crippen LogP contribution in [-0.4, -0.2) is 66.0 Å². The Bertz CT molecular complexity index is 985. The van der Waals surface area contributed by atoms with Gasteiger partial charge < -0.3 is 15.1 Å². The Kier molecular flexibility index (Phi) is 6.48. The van der Waals surface area contributed by atoms with Crippen LogP contribution in [-0.2, 0) is 10.0 Å². The Labute approximate surface area is 176 Å². The molecule has 1 aliphatic rings. The maximum Gasteiger partial charge on any atom is 0.255 e. The Morgan fingerprint density at radius 3 is 2.31 bits per heavy atom. The van der Waals surface area contributed by atoms with Gasteiger partial charge in [0.15, 0.2) is 0 Å². The molecule has 2 N–H and O–H groups in total. The molecule has 156 valence electrons. The number of quaternary nitrogens is 1. The van der Waals surface area contributed by atoms with E-state index >= 15 is 0 Å². The van der Waals surface area contributed by atoms with E-state index in [1.807, 2.05) is 12.1 Å². The molecular formula is C20H26ClN4O3S+. The number of anilines is 2. The zero-order valence-corrected chi connectivity index (χ0v) is 18.3. The van der Waals surface area contributed by atoms with E-state index in [2.05, 4.69) is 17.3 Å². The molecule has 1 fully saturated rings. The fourth-order valence-corrected chi connectivity index (χ4v) is 4.27. The molecule has 29 heavy (non-hydrogen) atoms. The van der Waals surface area contributed by atoms with Crippen LogP contribution in [0.25, 0.3) is 0 Å². The monoisotopic (exact) mass is 437 g/mol. The van der Waals surface area contributed by atoms with Gasteiger partial charge in [0.25, 0.3) is 5.91 Å². The third-order valence-corrected chi connectivity index (χ3v) is 7.12. The second-order valence-corrected chi connectivity index (χ2v) is 9.96. The van der Waals surface area contributed by atoms with Crippen molar-refractivity contribution in [2.45, 2.75) is 4.90 Å². The first-order chi connectivity index (χ1) is 13.7. The van der Waals surface area contributed by atoms with E-state index in [4.69, 9.17) is 11.6 Å². The predicted octanol–water partition coefficient (Wildman–Crippen LogP) is 1.18. The number of nitrogens with one attached hydrogen (secondary N) is 2. The Morgan fingerprint density at radius 2 is 1.72 bits per heavy atom. The average molecular weight is 438 g/mol. The average Bonchev–Trinajstić information content (AvgIpc) is 2.69. The number of carbonyl (C=O) groups excluding carboxylic acids is 1. The van der Waals surface area contributed by atoms with Crippen LogP contribution in [0.5, 0.6) is 0 Å².